The van der Waals surface area contributed by atoms with Gasteiger partial charge in [-0.2, -0.15) is 0 Å². The molecule has 1 amide bonds. The lowest BCUT2D eigenvalue weighted by Gasteiger charge is -2.19. The van der Waals surface area contributed by atoms with Gasteiger partial charge in [-0.15, -0.1) is 0 Å². The Labute approximate surface area is 170 Å². The van der Waals surface area contributed by atoms with Gasteiger partial charge in [0, 0.05) is 29.6 Å². The van der Waals surface area contributed by atoms with E-state index in [9.17, 15) is 14.7 Å². The number of carboxylic acids is 1. The van der Waals surface area contributed by atoms with Crippen LogP contribution in [-0.4, -0.2) is 41.1 Å². The summed E-state index contributed by atoms with van der Waals surface area (Å²) in [6, 6.07) is 17.4. The number of carboxylic acid groups (broad SMARTS) is 1. The van der Waals surface area contributed by atoms with Crippen LogP contribution in [0.1, 0.15) is 36.8 Å². The fourth-order valence-corrected chi connectivity index (χ4v) is 3.57. The van der Waals surface area contributed by atoms with Crippen LogP contribution in [0.25, 0.3) is 10.9 Å². The molecule has 3 rings (SSSR count). The third kappa shape index (κ3) is 5.23. The summed E-state index contributed by atoms with van der Waals surface area (Å²) in [6.07, 6.45) is 3.22. The summed E-state index contributed by atoms with van der Waals surface area (Å²) in [5.74, 6) is -1.16. The monoisotopic (exact) mass is 393 g/mol. The number of carbonyl (C=O) groups excluding carboxylic acids is 1. The highest BCUT2D eigenvalue weighted by molar-refractivity contribution is 5.84. The number of hydrogen-bond donors (Lipinski definition) is 4. The molecule has 29 heavy (non-hydrogen) atoms. The van der Waals surface area contributed by atoms with E-state index in [1.54, 1.807) is 0 Å². The van der Waals surface area contributed by atoms with Gasteiger partial charge in [0.25, 0.3) is 0 Å². The molecule has 0 bridgehead atoms. The SMILES string of the molecule is CCCC(NCC(=O)NCC(c1ccccc1)c1c[nH]c2ccccc12)C(=O)O. The Kier molecular flexibility index (Phi) is 7.03. The normalized spacial score (nSPS) is 13.1. The molecule has 0 fully saturated rings. The molecule has 0 aliphatic rings. The van der Waals surface area contributed by atoms with E-state index >= 15 is 0 Å². The molecule has 152 valence electrons. The van der Waals surface area contributed by atoms with Gasteiger partial charge >= 0.3 is 5.97 Å². The van der Waals surface area contributed by atoms with Crippen LogP contribution in [0.4, 0.5) is 0 Å². The number of fused-ring (bicyclic) bond motifs is 1. The maximum absolute atomic E-state index is 12.4. The van der Waals surface area contributed by atoms with E-state index in [0.717, 1.165) is 28.5 Å². The zero-order valence-electron chi connectivity index (χ0n) is 16.5. The second kappa shape index (κ2) is 9.89. The molecule has 0 aliphatic heterocycles. The van der Waals surface area contributed by atoms with Crippen LogP contribution in [-0.2, 0) is 9.59 Å². The largest absolute Gasteiger partial charge is 0.480 e. The summed E-state index contributed by atoms with van der Waals surface area (Å²) in [7, 11) is 0. The first kappa shape index (κ1) is 20.6. The van der Waals surface area contributed by atoms with E-state index in [-0.39, 0.29) is 18.4 Å². The second-order valence-electron chi connectivity index (χ2n) is 7.12. The van der Waals surface area contributed by atoms with Crippen molar-refractivity contribution in [1.29, 1.82) is 0 Å². The molecule has 2 atom stereocenters. The quantitative estimate of drug-likeness (QED) is 0.425. The zero-order valence-corrected chi connectivity index (χ0v) is 16.5. The number of rotatable bonds is 10. The fourth-order valence-electron chi connectivity index (χ4n) is 3.57. The van der Waals surface area contributed by atoms with Crippen LogP contribution in [0.3, 0.4) is 0 Å². The van der Waals surface area contributed by atoms with Crippen LogP contribution >= 0.6 is 0 Å². The van der Waals surface area contributed by atoms with Crippen molar-refractivity contribution in [1.82, 2.24) is 15.6 Å². The molecule has 4 N–H and O–H groups in total. The van der Waals surface area contributed by atoms with E-state index in [1.165, 1.54) is 0 Å². The second-order valence-corrected chi connectivity index (χ2v) is 7.12. The molecule has 0 saturated carbocycles. The third-order valence-electron chi connectivity index (χ3n) is 5.09. The molecule has 1 aromatic heterocycles. The third-order valence-corrected chi connectivity index (χ3v) is 5.09. The van der Waals surface area contributed by atoms with Crippen LogP contribution in [0, 0.1) is 0 Å². The number of nitrogens with one attached hydrogen (secondary N) is 3. The maximum Gasteiger partial charge on any atom is 0.320 e. The highest BCUT2D eigenvalue weighted by Gasteiger charge is 2.20. The van der Waals surface area contributed by atoms with Crippen molar-refractivity contribution in [2.24, 2.45) is 0 Å². The predicted molar refractivity (Wildman–Crippen MR) is 114 cm³/mol. The molecule has 6 nitrogen and oxygen atoms in total. The van der Waals surface area contributed by atoms with Crippen molar-refractivity contribution >= 4 is 22.8 Å². The van der Waals surface area contributed by atoms with E-state index in [4.69, 9.17) is 0 Å². The summed E-state index contributed by atoms with van der Waals surface area (Å²) < 4.78 is 0. The van der Waals surface area contributed by atoms with E-state index in [1.807, 2.05) is 49.5 Å². The summed E-state index contributed by atoms with van der Waals surface area (Å²) in [5.41, 5.74) is 3.29. The van der Waals surface area contributed by atoms with E-state index in [2.05, 4.69) is 33.8 Å². The van der Waals surface area contributed by atoms with Crippen LogP contribution in [0.2, 0.25) is 0 Å². The van der Waals surface area contributed by atoms with Gasteiger partial charge in [-0.25, -0.2) is 0 Å². The molecular weight excluding hydrogens is 366 g/mol. The standard InChI is InChI=1S/C23H27N3O3/c1-2-8-21(23(28)29)25-15-22(27)26-13-18(16-9-4-3-5-10-16)19-14-24-20-12-7-6-11-17(19)20/h3-7,9-12,14,18,21,24-25H,2,8,13,15H2,1H3,(H,26,27)(H,28,29). The van der Waals surface area contributed by atoms with E-state index < -0.39 is 12.0 Å². The minimum Gasteiger partial charge on any atom is -0.480 e. The van der Waals surface area contributed by atoms with Crippen molar-refractivity contribution in [3.05, 3.63) is 71.9 Å². The lowest BCUT2D eigenvalue weighted by atomic mass is 9.91. The highest BCUT2D eigenvalue weighted by Crippen LogP contribution is 2.30. The van der Waals surface area contributed by atoms with Gasteiger partial charge in [-0.05, 0) is 23.6 Å². The topological polar surface area (TPSA) is 94.2 Å². The number of aromatic amines is 1. The predicted octanol–water partition coefficient (Wildman–Crippen LogP) is 3.26. The summed E-state index contributed by atoms with van der Waals surface area (Å²) >= 11 is 0. The molecule has 0 spiro atoms. The minimum atomic E-state index is -0.930. The molecule has 2 aromatic carbocycles. The average molecular weight is 393 g/mol. The van der Waals surface area contributed by atoms with E-state index in [0.29, 0.717) is 13.0 Å². The Morgan fingerprint density at radius 3 is 2.52 bits per heavy atom. The number of para-hydroxylation sites is 1. The van der Waals surface area contributed by atoms with Gasteiger partial charge in [-0.3, -0.25) is 14.9 Å². The van der Waals surface area contributed by atoms with Crippen LogP contribution < -0.4 is 10.6 Å². The molecule has 2 unspecified atom stereocenters. The number of aromatic nitrogens is 1. The molecule has 6 heteroatoms. The zero-order chi connectivity index (χ0) is 20.6. The van der Waals surface area contributed by atoms with Gasteiger partial charge < -0.3 is 15.4 Å². The van der Waals surface area contributed by atoms with Gasteiger partial charge in [0.05, 0.1) is 6.54 Å². The molecule has 1 heterocycles. The van der Waals surface area contributed by atoms with Gasteiger partial charge in [0.15, 0.2) is 0 Å². The highest BCUT2D eigenvalue weighted by atomic mass is 16.4. The summed E-state index contributed by atoms with van der Waals surface area (Å²) in [4.78, 5) is 26.9. The lowest BCUT2D eigenvalue weighted by molar-refractivity contribution is -0.139. The van der Waals surface area contributed by atoms with Gasteiger partial charge in [0.2, 0.25) is 5.91 Å². The molecule has 0 radical (unpaired) electrons. The van der Waals surface area contributed by atoms with Crippen molar-refractivity contribution < 1.29 is 14.7 Å². The Morgan fingerprint density at radius 2 is 1.79 bits per heavy atom. The first-order valence-electron chi connectivity index (χ1n) is 9.94. The molecule has 0 saturated heterocycles. The number of hydrogen-bond acceptors (Lipinski definition) is 3. The first-order valence-corrected chi connectivity index (χ1v) is 9.94. The van der Waals surface area contributed by atoms with Gasteiger partial charge in [0.1, 0.15) is 6.04 Å². The minimum absolute atomic E-state index is 0.0118. The molecule has 0 aliphatic carbocycles. The first-order chi connectivity index (χ1) is 14.1. The van der Waals surface area contributed by atoms with Crippen LogP contribution in [0.15, 0.2) is 60.8 Å². The summed E-state index contributed by atoms with van der Waals surface area (Å²) in [5, 5.41) is 16.1. The number of carbonyl (C=O) groups is 2. The average Bonchev–Trinajstić information content (AvgIpc) is 3.16. The van der Waals surface area contributed by atoms with Crippen molar-refractivity contribution in [2.75, 3.05) is 13.1 Å². The van der Waals surface area contributed by atoms with Crippen LogP contribution in [0.5, 0.6) is 0 Å². The number of aliphatic carboxylic acids is 1. The number of H-pyrrole nitrogens is 1. The Hall–Kier alpha value is -3.12. The number of benzene rings is 2. The van der Waals surface area contributed by atoms with Gasteiger partial charge in [-0.1, -0.05) is 61.9 Å². The Bertz CT molecular complexity index is 952. The van der Waals surface area contributed by atoms with Crippen molar-refractivity contribution in [2.45, 2.75) is 31.7 Å². The Balaban J connectivity index is 1.72. The summed E-state index contributed by atoms with van der Waals surface area (Å²) in [6.45, 7) is 2.33. The van der Waals surface area contributed by atoms with Crippen molar-refractivity contribution in [3.63, 3.8) is 0 Å². The lowest BCUT2D eigenvalue weighted by Crippen LogP contribution is -2.43. The Morgan fingerprint density at radius 1 is 1.07 bits per heavy atom. The number of amides is 1. The molecular formula is C23H27N3O3. The molecule has 3 aromatic rings. The smallest absolute Gasteiger partial charge is 0.320 e. The fraction of sp³-hybridized carbons (Fsp3) is 0.304. The maximum atomic E-state index is 12.4. The van der Waals surface area contributed by atoms with Crippen molar-refractivity contribution in [3.8, 4) is 0 Å².